The average Bonchev–Trinajstić information content (AvgIpc) is 3.00. The van der Waals surface area contributed by atoms with Gasteiger partial charge < -0.3 is 15.8 Å². The number of sulfonamides is 1. The molecule has 1 aliphatic heterocycles. The standard InChI is InChI=1S/C19H28N6O4S/c1-19(2,3)29-15-7-5-13(6-8-15)16(26)25-17(20)22-18(23-25)21-14-9-11-24(12-10-14)30(4,27)28/h5-8,14H,9-12H2,1-4H3,(H3,20,21,22,23). The van der Waals surface area contributed by atoms with Crippen LogP contribution in [0.15, 0.2) is 24.3 Å². The molecule has 0 saturated carbocycles. The van der Waals surface area contributed by atoms with E-state index < -0.39 is 15.9 Å². The number of carbonyl (C=O) groups excluding carboxylic acids is 1. The Bertz CT molecular complexity index is 1000. The van der Waals surface area contributed by atoms with E-state index in [1.165, 1.54) is 10.6 Å². The topological polar surface area (TPSA) is 132 Å². The zero-order valence-electron chi connectivity index (χ0n) is 17.6. The van der Waals surface area contributed by atoms with Crippen molar-refractivity contribution in [3.63, 3.8) is 0 Å². The lowest BCUT2D eigenvalue weighted by atomic mass is 10.1. The van der Waals surface area contributed by atoms with Crippen LogP contribution < -0.4 is 15.8 Å². The minimum Gasteiger partial charge on any atom is -0.488 e. The van der Waals surface area contributed by atoms with Gasteiger partial charge in [-0.25, -0.2) is 12.7 Å². The van der Waals surface area contributed by atoms with Crippen molar-refractivity contribution in [3.05, 3.63) is 29.8 Å². The van der Waals surface area contributed by atoms with Gasteiger partial charge in [0.05, 0.1) is 6.26 Å². The van der Waals surface area contributed by atoms with Crippen molar-refractivity contribution >= 4 is 27.8 Å². The summed E-state index contributed by atoms with van der Waals surface area (Å²) in [5.41, 5.74) is 5.96. The number of aromatic nitrogens is 3. The lowest BCUT2D eigenvalue weighted by Gasteiger charge is -2.30. The summed E-state index contributed by atoms with van der Waals surface area (Å²) in [6.07, 6.45) is 2.44. The smallest absolute Gasteiger partial charge is 0.281 e. The fourth-order valence-corrected chi connectivity index (χ4v) is 4.06. The summed E-state index contributed by atoms with van der Waals surface area (Å²) in [7, 11) is -3.18. The fourth-order valence-electron chi connectivity index (χ4n) is 3.19. The quantitative estimate of drug-likeness (QED) is 0.722. The fraction of sp³-hybridized carbons (Fsp3) is 0.526. The summed E-state index contributed by atoms with van der Waals surface area (Å²) in [4.78, 5) is 16.9. The van der Waals surface area contributed by atoms with Gasteiger partial charge in [-0.05, 0) is 57.9 Å². The lowest BCUT2D eigenvalue weighted by molar-refractivity contribution is 0.0948. The summed E-state index contributed by atoms with van der Waals surface area (Å²) in [6, 6.07) is 6.75. The van der Waals surface area contributed by atoms with Gasteiger partial charge in [-0.2, -0.15) is 9.67 Å². The second-order valence-corrected chi connectivity index (χ2v) is 10.3. The highest BCUT2D eigenvalue weighted by Gasteiger charge is 2.26. The molecule has 0 radical (unpaired) electrons. The Balaban J connectivity index is 1.65. The summed E-state index contributed by atoms with van der Waals surface area (Å²) in [5.74, 6) is 0.480. The van der Waals surface area contributed by atoms with Gasteiger partial charge in [0.1, 0.15) is 11.4 Å². The molecule has 2 aromatic rings. The van der Waals surface area contributed by atoms with Crippen LogP contribution in [0.4, 0.5) is 11.9 Å². The molecule has 1 aromatic heterocycles. The van der Waals surface area contributed by atoms with Gasteiger partial charge in [-0.3, -0.25) is 4.79 Å². The molecule has 0 aliphatic carbocycles. The van der Waals surface area contributed by atoms with Crippen molar-refractivity contribution in [1.82, 2.24) is 19.1 Å². The first-order valence-corrected chi connectivity index (χ1v) is 11.6. The lowest BCUT2D eigenvalue weighted by Crippen LogP contribution is -2.42. The van der Waals surface area contributed by atoms with Crippen LogP contribution in [0.3, 0.4) is 0 Å². The normalized spacial score (nSPS) is 16.4. The van der Waals surface area contributed by atoms with Gasteiger partial charge in [0, 0.05) is 24.7 Å². The number of anilines is 2. The van der Waals surface area contributed by atoms with Crippen molar-refractivity contribution in [3.8, 4) is 5.75 Å². The molecule has 0 amide bonds. The van der Waals surface area contributed by atoms with Crippen LogP contribution in [0, 0.1) is 0 Å². The molecule has 1 fully saturated rings. The van der Waals surface area contributed by atoms with E-state index in [4.69, 9.17) is 10.5 Å². The molecule has 30 heavy (non-hydrogen) atoms. The number of nitrogens with zero attached hydrogens (tertiary/aromatic N) is 4. The monoisotopic (exact) mass is 436 g/mol. The number of benzene rings is 1. The van der Waals surface area contributed by atoms with E-state index in [-0.39, 0.29) is 23.5 Å². The molecule has 0 bridgehead atoms. The number of piperidine rings is 1. The maximum absolute atomic E-state index is 12.8. The SMILES string of the molecule is CC(C)(C)Oc1ccc(C(=O)n2nc(NC3CCN(S(C)(=O)=O)CC3)nc2N)cc1. The van der Waals surface area contributed by atoms with Crippen LogP contribution in [0.5, 0.6) is 5.75 Å². The molecule has 0 unspecified atom stereocenters. The first-order valence-electron chi connectivity index (χ1n) is 9.70. The minimum absolute atomic E-state index is 0.00202. The Morgan fingerprint density at radius 2 is 1.80 bits per heavy atom. The van der Waals surface area contributed by atoms with Crippen LogP contribution in [-0.2, 0) is 10.0 Å². The number of hydrogen-bond donors (Lipinski definition) is 2. The van der Waals surface area contributed by atoms with Crippen LogP contribution in [0.25, 0.3) is 0 Å². The maximum atomic E-state index is 12.8. The molecule has 10 nitrogen and oxygen atoms in total. The maximum Gasteiger partial charge on any atom is 0.281 e. The van der Waals surface area contributed by atoms with Gasteiger partial charge in [0.25, 0.3) is 5.91 Å². The molecule has 0 spiro atoms. The highest BCUT2D eigenvalue weighted by Crippen LogP contribution is 2.20. The molecular weight excluding hydrogens is 408 g/mol. The molecular formula is C19H28N6O4S. The Morgan fingerprint density at radius 3 is 2.33 bits per heavy atom. The summed E-state index contributed by atoms with van der Waals surface area (Å²) >= 11 is 0. The van der Waals surface area contributed by atoms with Crippen molar-refractivity contribution in [1.29, 1.82) is 0 Å². The highest BCUT2D eigenvalue weighted by atomic mass is 32.2. The molecule has 0 atom stereocenters. The summed E-state index contributed by atoms with van der Waals surface area (Å²) in [5, 5.41) is 7.33. The zero-order chi connectivity index (χ0) is 22.1. The molecule has 1 aromatic carbocycles. The molecule has 1 saturated heterocycles. The third-order valence-corrected chi connectivity index (χ3v) is 5.91. The van der Waals surface area contributed by atoms with Crippen molar-refractivity contribution in [2.75, 3.05) is 30.4 Å². The van der Waals surface area contributed by atoms with Crippen LogP contribution in [0.2, 0.25) is 0 Å². The molecule has 164 valence electrons. The number of rotatable bonds is 5. The predicted octanol–water partition coefficient (Wildman–Crippen LogP) is 1.56. The second-order valence-electron chi connectivity index (χ2n) is 8.33. The third-order valence-electron chi connectivity index (χ3n) is 4.61. The zero-order valence-corrected chi connectivity index (χ0v) is 18.4. The second kappa shape index (κ2) is 8.23. The van der Waals surface area contributed by atoms with E-state index in [1.54, 1.807) is 24.3 Å². The van der Waals surface area contributed by atoms with Crippen molar-refractivity contribution < 1.29 is 17.9 Å². The molecule has 3 N–H and O–H groups in total. The number of carbonyl (C=O) groups is 1. The summed E-state index contributed by atoms with van der Waals surface area (Å²) in [6.45, 7) is 6.69. The number of nitrogens with two attached hydrogens (primary N) is 1. The van der Waals surface area contributed by atoms with Crippen molar-refractivity contribution in [2.45, 2.75) is 45.3 Å². The molecule has 3 rings (SSSR count). The van der Waals surface area contributed by atoms with Crippen molar-refractivity contribution in [2.24, 2.45) is 0 Å². The minimum atomic E-state index is -3.18. The Morgan fingerprint density at radius 1 is 1.20 bits per heavy atom. The number of hydrogen-bond acceptors (Lipinski definition) is 8. The van der Waals surface area contributed by atoms with E-state index in [1.807, 2.05) is 20.8 Å². The van der Waals surface area contributed by atoms with Gasteiger partial charge in [-0.1, -0.05) is 0 Å². The molecule has 1 aliphatic rings. The van der Waals surface area contributed by atoms with E-state index in [2.05, 4.69) is 15.4 Å². The average molecular weight is 437 g/mol. The van der Waals surface area contributed by atoms with Crippen LogP contribution >= 0.6 is 0 Å². The van der Waals surface area contributed by atoms with E-state index in [0.717, 1.165) is 4.68 Å². The number of nitrogen functional groups attached to an aromatic ring is 1. The Hall–Kier alpha value is -2.66. The number of nitrogens with one attached hydrogen (secondary N) is 1. The van der Waals surface area contributed by atoms with Crippen LogP contribution in [0.1, 0.15) is 44.0 Å². The first kappa shape index (κ1) is 22.0. The first-order chi connectivity index (χ1) is 13.9. The summed E-state index contributed by atoms with van der Waals surface area (Å²) < 4.78 is 31.5. The van der Waals surface area contributed by atoms with Crippen LogP contribution in [-0.4, -0.2) is 64.4 Å². The Labute approximate surface area is 176 Å². The van der Waals surface area contributed by atoms with Gasteiger partial charge in [-0.15, -0.1) is 5.10 Å². The van der Waals surface area contributed by atoms with Gasteiger partial charge in [0.2, 0.25) is 21.9 Å². The largest absolute Gasteiger partial charge is 0.488 e. The predicted molar refractivity (Wildman–Crippen MR) is 114 cm³/mol. The van der Waals surface area contributed by atoms with E-state index in [9.17, 15) is 13.2 Å². The molecule has 11 heteroatoms. The third kappa shape index (κ3) is 5.48. The number of ether oxygens (including phenoxy) is 1. The highest BCUT2D eigenvalue weighted by molar-refractivity contribution is 7.88. The van der Waals surface area contributed by atoms with E-state index >= 15 is 0 Å². The molecule has 2 heterocycles. The van der Waals surface area contributed by atoms with E-state index in [0.29, 0.717) is 37.2 Å². The van der Waals surface area contributed by atoms with Gasteiger partial charge in [0.15, 0.2) is 0 Å². The Kier molecular flexibility index (Phi) is 6.04. The van der Waals surface area contributed by atoms with Gasteiger partial charge >= 0.3 is 0 Å².